The second-order valence-electron chi connectivity index (χ2n) is 8.41. The second kappa shape index (κ2) is 13.4. The molecule has 8 nitrogen and oxygen atoms in total. The van der Waals surface area contributed by atoms with Crippen molar-refractivity contribution < 1.29 is 19.0 Å². The van der Waals surface area contributed by atoms with Gasteiger partial charge in [0, 0.05) is 11.4 Å². The fourth-order valence-corrected chi connectivity index (χ4v) is 4.67. The summed E-state index contributed by atoms with van der Waals surface area (Å²) in [6.07, 6.45) is 4.98. The molecular formula is C26H38N4O4S. The number of thioether (sulfide) groups is 1. The predicted octanol–water partition coefficient (Wildman–Crippen LogP) is 5.99. The first-order valence-electron chi connectivity index (χ1n) is 12.7. The van der Waals surface area contributed by atoms with Crippen LogP contribution < -0.4 is 14.8 Å². The molecule has 192 valence electrons. The number of nitrogens with zero attached hydrogens (tertiary/aromatic N) is 3. The maximum Gasteiger partial charge on any atom is 0.338 e. The van der Waals surface area contributed by atoms with E-state index in [4.69, 9.17) is 24.3 Å². The first-order chi connectivity index (χ1) is 17.0. The van der Waals surface area contributed by atoms with E-state index in [-0.39, 0.29) is 5.97 Å². The van der Waals surface area contributed by atoms with Crippen LogP contribution in [0.4, 0.5) is 5.95 Å². The van der Waals surface area contributed by atoms with Gasteiger partial charge >= 0.3 is 5.97 Å². The van der Waals surface area contributed by atoms with E-state index in [1.54, 1.807) is 16.4 Å². The Morgan fingerprint density at radius 3 is 2.57 bits per heavy atom. The lowest BCUT2D eigenvalue weighted by Gasteiger charge is -2.28. The number of unbranched alkanes of at least 4 members (excludes halogenated alkanes) is 2. The molecule has 1 aromatic carbocycles. The molecular weight excluding hydrogens is 464 g/mol. The third kappa shape index (κ3) is 6.72. The Kier molecular flexibility index (Phi) is 10.3. The number of esters is 1. The molecule has 0 radical (unpaired) electrons. The summed E-state index contributed by atoms with van der Waals surface area (Å²) < 4.78 is 19.2. The summed E-state index contributed by atoms with van der Waals surface area (Å²) in [6.45, 7) is 11.6. The molecule has 0 aliphatic carbocycles. The molecule has 0 bridgehead atoms. The number of aromatic nitrogens is 3. The number of rotatable bonds is 14. The minimum Gasteiger partial charge on any atom is -0.490 e. The van der Waals surface area contributed by atoms with Crippen molar-refractivity contribution >= 4 is 23.7 Å². The number of hydrogen-bond donors (Lipinski definition) is 1. The van der Waals surface area contributed by atoms with Gasteiger partial charge in [-0.1, -0.05) is 51.4 Å². The summed E-state index contributed by atoms with van der Waals surface area (Å²) in [5, 5.41) is 8.73. The van der Waals surface area contributed by atoms with Crippen LogP contribution >= 0.6 is 11.8 Å². The summed E-state index contributed by atoms with van der Waals surface area (Å²) in [7, 11) is 0. The van der Waals surface area contributed by atoms with E-state index in [1.807, 2.05) is 39.0 Å². The van der Waals surface area contributed by atoms with Gasteiger partial charge < -0.3 is 19.5 Å². The van der Waals surface area contributed by atoms with Crippen LogP contribution in [0.25, 0.3) is 0 Å². The molecule has 9 heteroatoms. The standard InChI is InChI=1S/C26H38N4O4S/c1-6-10-15-33-20-13-12-19(17-21(20)32-9-4)23-22(24(31)34-14-8-3)18(5)27-25-28-26(29-30(23)25)35-16-11-7-2/h12-13,17,23H,6-11,14-16H2,1-5H3,(H,27,28,29). The Bertz CT molecular complexity index is 1020. The van der Waals surface area contributed by atoms with Gasteiger partial charge in [0.15, 0.2) is 11.5 Å². The van der Waals surface area contributed by atoms with Crippen LogP contribution in [0.3, 0.4) is 0 Å². The molecule has 2 aromatic rings. The number of ether oxygens (including phenoxy) is 3. The third-order valence-corrected chi connectivity index (χ3v) is 6.48. The first-order valence-corrected chi connectivity index (χ1v) is 13.7. The van der Waals surface area contributed by atoms with Crippen LogP contribution in [-0.2, 0) is 9.53 Å². The Morgan fingerprint density at radius 1 is 1.06 bits per heavy atom. The Morgan fingerprint density at radius 2 is 1.86 bits per heavy atom. The summed E-state index contributed by atoms with van der Waals surface area (Å²) in [6, 6.07) is 5.33. The van der Waals surface area contributed by atoms with Gasteiger partial charge in [-0.25, -0.2) is 9.48 Å². The molecule has 3 rings (SSSR count). The molecule has 1 atom stereocenters. The van der Waals surface area contributed by atoms with E-state index in [2.05, 4.69) is 19.2 Å². The number of fused-ring (bicyclic) bond motifs is 1. The molecule has 1 unspecified atom stereocenters. The van der Waals surface area contributed by atoms with E-state index in [1.165, 1.54) is 0 Å². The van der Waals surface area contributed by atoms with Gasteiger partial charge in [0.1, 0.15) is 6.04 Å². The van der Waals surface area contributed by atoms with E-state index >= 15 is 0 Å². The summed E-state index contributed by atoms with van der Waals surface area (Å²) >= 11 is 1.62. The van der Waals surface area contributed by atoms with Gasteiger partial charge in [-0.2, -0.15) is 4.98 Å². The lowest BCUT2D eigenvalue weighted by molar-refractivity contribution is -0.139. The van der Waals surface area contributed by atoms with Crippen molar-refractivity contribution in [2.45, 2.75) is 77.9 Å². The number of benzene rings is 1. The monoisotopic (exact) mass is 502 g/mol. The molecule has 0 saturated heterocycles. The third-order valence-electron chi connectivity index (χ3n) is 5.56. The molecule has 2 heterocycles. The van der Waals surface area contributed by atoms with Gasteiger partial charge in [-0.15, -0.1) is 5.10 Å². The number of nitrogens with one attached hydrogen (secondary N) is 1. The summed E-state index contributed by atoms with van der Waals surface area (Å²) in [4.78, 5) is 17.9. The topological polar surface area (TPSA) is 87.5 Å². The Hall–Kier alpha value is -2.68. The molecule has 0 saturated carbocycles. The maximum atomic E-state index is 13.2. The van der Waals surface area contributed by atoms with Gasteiger partial charge in [0.25, 0.3) is 0 Å². The van der Waals surface area contributed by atoms with Crippen LogP contribution in [0.1, 0.15) is 78.3 Å². The minimum atomic E-state index is -0.493. The Balaban J connectivity index is 2.03. The zero-order valence-corrected chi connectivity index (χ0v) is 22.4. The highest BCUT2D eigenvalue weighted by Gasteiger charge is 2.35. The van der Waals surface area contributed by atoms with E-state index in [0.717, 1.165) is 43.4 Å². The van der Waals surface area contributed by atoms with Crippen molar-refractivity contribution in [2.75, 3.05) is 30.9 Å². The van der Waals surface area contributed by atoms with Crippen LogP contribution in [0, 0.1) is 0 Å². The lowest BCUT2D eigenvalue weighted by Crippen LogP contribution is -2.29. The summed E-state index contributed by atoms with van der Waals surface area (Å²) in [5.41, 5.74) is 2.09. The second-order valence-corrected chi connectivity index (χ2v) is 9.47. The maximum absolute atomic E-state index is 13.2. The highest BCUT2D eigenvalue weighted by atomic mass is 32.2. The summed E-state index contributed by atoms with van der Waals surface area (Å²) in [5.74, 6) is 2.55. The Labute approximate surface area is 212 Å². The molecule has 0 spiro atoms. The van der Waals surface area contributed by atoms with Crippen molar-refractivity contribution in [1.29, 1.82) is 0 Å². The van der Waals surface area contributed by atoms with Crippen molar-refractivity contribution in [2.24, 2.45) is 0 Å². The van der Waals surface area contributed by atoms with Gasteiger partial charge in [0.05, 0.1) is 25.4 Å². The smallest absolute Gasteiger partial charge is 0.338 e. The van der Waals surface area contributed by atoms with E-state index in [0.29, 0.717) is 53.7 Å². The average molecular weight is 503 g/mol. The number of carbonyl (C=O) groups is 1. The fourth-order valence-electron chi connectivity index (χ4n) is 3.75. The van der Waals surface area contributed by atoms with Crippen molar-refractivity contribution in [3.8, 4) is 11.5 Å². The van der Waals surface area contributed by atoms with Crippen LogP contribution in [0.15, 0.2) is 34.6 Å². The highest BCUT2D eigenvalue weighted by molar-refractivity contribution is 7.99. The van der Waals surface area contributed by atoms with Crippen LogP contribution in [0.5, 0.6) is 11.5 Å². The minimum absolute atomic E-state index is 0.357. The van der Waals surface area contributed by atoms with Crippen LogP contribution in [-0.4, -0.2) is 46.3 Å². The molecule has 1 aliphatic rings. The zero-order valence-electron chi connectivity index (χ0n) is 21.6. The molecule has 1 N–H and O–H groups in total. The largest absolute Gasteiger partial charge is 0.490 e. The molecule has 0 amide bonds. The van der Waals surface area contributed by atoms with E-state index < -0.39 is 6.04 Å². The van der Waals surface area contributed by atoms with E-state index in [9.17, 15) is 4.79 Å². The van der Waals surface area contributed by atoms with Crippen molar-refractivity contribution in [1.82, 2.24) is 14.8 Å². The molecule has 35 heavy (non-hydrogen) atoms. The molecule has 1 aliphatic heterocycles. The van der Waals surface area contributed by atoms with Crippen LogP contribution in [0.2, 0.25) is 0 Å². The van der Waals surface area contributed by atoms with Crippen molar-refractivity contribution in [3.63, 3.8) is 0 Å². The van der Waals surface area contributed by atoms with Crippen molar-refractivity contribution in [3.05, 3.63) is 35.0 Å². The predicted molar refractivity (Wildman–Crippen MR) is 139 cm³/mol. The first kappa shape index (κ1) is 26.9. The fraction of sp³-hybridized carbons (Fsp3) is 0.577. The number of allylic oxidation sites excluding steroid dienone is 1. The lowest BCUT2D eigenvalue weighted by atomic mass is 9.95. The SMILES string of the molecule is CCCCOc1ccc(C2C(C(=O)OCCC)=C(C)Nc3nc(SCCCC)nn32)cc1OCC. The number of anilines is 1. The van der Waals surface area contributed by atoms with Gasteiger partial charge in [-0.05, 0) is 50.8 Å². The number of carbonyl (C=O) groups excluding carboxylic acids is 1. The zero-order chi connectivity index (χ0) is 25.2. The van der Waals surface area contributed by atoms with Gasteiger partial charge in [-0.3, -0.25) is 0 Å². The molecule has 0 fully saturated rings. The molecule has 1 aromatic heterocycles. The quantitative estimate of drug-likeness (QED) is 0.191. The average Bonchev–Trinajstić information content (AvgIpc) is 3.25. The number of hydrogen-bond acceptors (Lipinski definition) is 8. The highest BCUT2D eigenvalue weighted by Crippen LogP contribution is 2.40. The van der Waals surface area contributed by atoms with Gasteiger partial charge in [0.2, 0.25) is 11.1 Å². The normalized spacial score (nSPS) is 14.9.